The standard InChI is InChI=1S/C8H9N3S2/c9-8(12)11-4-3-6(10-11)7-2-1-5-13-7/h1-2,5H,3-4H2,(H2,9,12). The molecule has 0 saturated heterocycles. The summed E-state index contributed by atoms with van der Waals surface area (Å²) in [5, 5.41) is 8.39. The lowest BCUT2D eigenvalue weighted by molar-refractivity contribution is 0.495. The molecule has 0 saturated carbocycles. The summed E-state index contributed by atoms with van der Waals surface area (Å²) in [5.74, 6) is 0. The van der Waals surface area contributed by atoms with Crippen molar-refractivity contribution in [1.82, 2.24) is 5.01 Å². The molecule has 2 heterocycles. The molecule has 1 aromatic rings. The highest BCUT2D eigenvalue weighted by atomic mass is 32.1. The Hall–Kier alpha value is -0.940. The van der Waals surface area contributed by atoms with Gasteiger partial charge in [0.15, 0.2) is 5.11 Å². The maximum absolute atomic E-state index is 5.47. The molecule has 13 heavy (non-hydrogen) atoms. The van der Waals surface area contributed by atoms with E-state index in [1.165, 1.54) is 4.88 Å². The quantitative estimate of drug-likeness (QED) is 0.714. The van der Waals surface area contributed by atoms with E-state index in [0.717, 1.165) is 18.7 Å². The van der Waals surface area contributed by atoms with E-state index in [1.807, 2.05) is 11.4 Å². The minimum absolute atomic E-state index is 0.353. The molecule has 3 nitrogen and oxygen atoms in total. The number of rotatable bonds is 1. The average Bonchev–Trinajstić information content (AvgIpc) is 2.75. The molecule has 5 heteroatoms. The highest BCUT2D eigenvalue weighted by Gasteiger charge is 2.17. The predicted molar refractivity (Wildman–Crippen MR) is 59.0 cm³/mol. The van der Waals surface area contributed by atoms with Gasteiger partial charge >= 0.3 is 0 Å². The third-order valence-corrected chi connectivity index (χ3v) is 2.99. The van der Waals surface area contributed by atoms with Crippen LogP contribution in [0.5, 0.6) is 0 Å². The number of nitrogens with two attached hydrogens (primary N) is 1. The van der Waals surface area contributed by atoms with Crippen molar-refractivity contribution in [3.8, 4) is 0 Å². The molecule has 2 N–H and O–H groups in total. The van der Waals surface area contributed by atoms with Gasteiger partial charge in [0.25, 0.3) is 0 Å². The zero-order chi connectivity index (χ0) is 9.26. The first-order chi connectivity index (χ1) is 6.27. The summed E-state index contributed by atoms with van der Waals surface area (Å²) in [4.78, 5) is 1.21. The van der Waals surface area contributed by atoms with Crippen molar-refractivity contribution in [3.05, 3.63) is 22.4 Å². The van der Waals surface area contributed by atoms with Gasteiger partial charge in [0, 0.05) is 13.0 Å². The molecule has 0 amide bonds. The fourth-order valence-corrected chi connectivity index (χ4v) is 2.10. The van der Waals surface area contributed by atoms with Crippen molar-refractivity contribution in [2.45, 2.75) is 6.42 Å². The van der Waals surface area contributed by atoms with Gasteiger partial charge in [0.05, 0.1) is 10.6 Å². The smallest absolute Gasteiger partial charge is 0.186 e. The molecule has 0 radical (unpaired) electrons. The summed E-state index contributed by atoms with van der Waals surface area (Å²) in [6.45, 7) is 0.808. The molecule has 0 bridgehead atoms. The molecule has 2 rings (SSSR count). The van der Waals surface area contributed by atoms with E-state index in [0.29, 0.717) is 5.11 Å². The van der Waals surface area contributed by atoms with Gasteiger partial charge in [-0.15, -0.1) is 11.3 Å². The first-order valence-corrected chi connectivity index (χ1v) is 5.24. The first kappa shape index (κ1) is 8.65. The Bertz CT molecular complexity index is 342. The van der Waals surface area contributed by atoms with E-state index < -0.39 is 0 Å². The molecule has 0 spiro atoms. The van der Waals surface area contributed by atoms with Crippen LogP contribution in [-0.4, -0.2) is 22.4 Å². The molecule has 0 atom stereocenters. The molecule has 0 fully saturated rings. The molecular formula is C8H9N3S2. The van der Waals surface area contributed by atoms with Gasteiger partial charge < -0.3 is 5.73 Å². The lowest BCUT2D eigenvalue weighted by Crippen LogP contribution is -2.28. The van der Waals surface area contributed by atoms with Crippen molar-refractivity contribution >= 4 is 34.4 Å². The Balaban J connectivity index is 2.20. The number of hydrazone groups is 1. The van der Waals surface area contributed by atoms with Gasteiger partial charge in [-0.3, -0.25) is 0 Å². The van der Waals surface area contributed by atoms with E-state index in [2.05, 4.69) is 11.2 Å². The molecule has 1 aliphatic heterocycles. The van der Waals surface area contributed by atoms with Crippen LogP contribution in [0.1, 0.15) is 11.3 Å². The van der Waals surface area contributed by atoms with Crippen LogP contribution in [0, 0.1) is 0 Å². The lowest BCUT2D eigenvalue weighted by Gasteiger charge is -2.08. The number of nitrogens with zero attached hydrogens (tertiary/aromatic N) is 2. The summed E-state index contributed by atoms with van der Waals surface area (Å²) in [6, 6.07) is 4.08. The van der Waals surface area contributed by atoms with E-state index in [1.54, 1.807) is 16.3 Å². The fourth-order valence-electron chi connectivity index (χ4n) is 1.23. The third-order valence-electron chi connectivity index (χ3n) is 1.86. The van der Waals surface area contributed by atoms with E-state index in [4.69, 9.17) is 18.0 Å². The van der Waals surface area contributed by atoms with E-state index >= 15 is 0 Å². The molecule has 1 aromatic heterocycles. The Morgan fingerprint density at radius 3 is 3.08 bits per heavy atom. The maximum Gasteiger partial charge on any atom is 0.186 e. The van der Waals surface area contributed by atoms with Crippen LogP contribution in [-0.2, 0) is 0 Å². The second-order valence-corrected chi connectivity index (χ2v) is 4.10. The largest absolute Gasteiger partial charge is 0.375 e. The summed E-state index contributed by atoms with van der Waals surface area (Å²) < 4.78 is 0. The normalized spacial score (nSPS) is 16.0. The molecule has 0 unspecified atom stereocenters. The summed E-state index contributed by atoms with van der Waals surface area (Å²) in [7, 11) is 0. The second kappa shape index (κ2) is 3.43. The molecular weight excluding hydrogens is 202 g/mol. The van der Waals surface area contributed by atoms with Gasteiger partial charge in [0.2, 0.25) is 0 Å². The number of thiophene rings is 1. The molecule has 1 aliphatic rings. The second-order valence-electron chi connectivity index (χ2n) is 2.74. The van der Waals surface area contributed by atoms with Crippen molar-refractivity contribution in [1.29, 1.82) is 0 Å². The molecule has 0 aliphatic carbocycles. The summed E-state index contributed by atoms with van der Waals surface area (Å²) in [6.07, 6.45) is 0.928. The SMILES string of the molecule is NC(=S)N1CCC(c2cccs2)=N1. The zero-order valence-electron chi connectivity index (χ0n) is 6.93. The van der Waals surface area contributed by atoms with Crippen LogP contribution in [0.4, 0.5) is 0 Å². The molecule has 0 aromatic carbocycles. The Labute approximate surface area is 85.8 Å². The van der Waals surface area contributed by atoms with E-state index in [-0.39, 0.29) is 0 Å². The van der Waals surface area contributed by atoms with Crippen molar-refractivity contribution in [3.63, 3.8) is 0 Å². The predicted octanol–water partition coefficient (Wildman–Crippen LogP) is 1.40. The highest BCUT2D eigenvalue weighted by Crippen LogP contribution is 2.17. The van der Waals surface area contributed by atoms with Gasteiger partial charge in [-0.2, -0.15) is 5.10 Å². The van der Waals surface area contributed by atoms with Crippen molar-refractivity contribution in [2.24, 2.45) is 10.8 Å². The van der Waals surface area contributed by atoms with Gasteiger partial charge in [-0.25, -0.2) is 5.01 Å². The minimum atomic E-state index is 0.353. The van der Waals surface area contributed by atoms with Gasteiger partial charge in [-0.1, -0.05) is 6.07 Å². The van der Waals surface area contributed by atoms with E-state index in [9.17, 15) is 0 Å². The van der Waals surface area contributed by atoms with Crippen LogP contribution in [0.25, 0.3) is 0 Å². The van der Waals surface area contributed by atoms with Crippen LogP contribution < -0.4 is 5.73 Å². The Morgan fingerprint density at radius 1 is 1.69 bits per heavy atom. The van der Waals surface area contributed by atoms with Crippen LogP contribution in [0.15, 0.2) is 22.6 Å². The third kappa shape index (κ3) is 1.71. The molecule has 68 valence electrons. The van der Waals surface area contributed by atoms with Crippen LogP contribution in [0.3, 0.4) is 0 Å². The van der Waals surface area contributed by atoms with Gasteiger partial charge in [-0.05, 0) is 23.7 Å². The van der Waals surface area contributed by atoms with Gasteiger partial charge in [0.1, 0.15) is 0 Å². The number of hydrogen-bond acceptors (Lipinski definition) is 3. The average molecular weight is 211 g/mol. The van der Waals surface area contributed by atoms with Crippen molar-refractivity contribution in [2.75, 3.05) is 6.54 Å². The Morgan fingerprint density at radius 2 is 2.54 bits per heavy atom. The fraction of sp³-hybridized carbons (Fsp3) is 0.250. The van der Waals surface area contributed by atoms with Crippen molar-refractivity contribution < 1.29 is 0 Å². The zero-order valence-corrected chi connectivity index (χ0v) is 8.57. The first-order valence-electron chi connectivity index (χ1n) is 3.95. The number of thiocarbonyl (C=S) groups is 1. The minimum Gasteiger partial charge on any atom is -0.375 e. The maximum atomic E-state index is 5.47. The number of hydrogen-bond donors (Lipinski definition) is 1. The van der Waals surface area contributed by atoms with Crippen LogP contribution in [0.2, 0.25) is 0 Å². The summed E-state index contributed by atoms with van der Waals surface area (Å²) in [5.41, 5.74) is 6.55. The highest BCUT2D eigenvalue weighted by molar-refractivity contribution is 7.80. The summed E-state index contributed by atoms with van der Waals surface area (Å²) >= 11 is 6.53. The monoisotopic (exact) mass is 211 g/mol. The van der Waals surface area contributed by atoms with Crippen LogP contribution >= 0.6 is 23.6 Å². The Kier molecular flexibility index (Phi) is 2.28. The topological polar surface area (TPSA) is 41.6 Å². The lowest BCUT2D eigenvalue weighted by atomic mass is 10.2.